The predicted molar refractivity (Wildman–Crippen MR) is 146 cm³/mol. The molecule has 5 N–H and O–H groups in total. The second-order valence-corrected chi connectivity index (χ2v) is 10.8. The molecule has 2 aliphatic heterocycles. The molecule has 0 radical (unpaired) electrons. The number of nitrogens with one attached hydrogen (secondary N) is 2. The lowest BCUT2D eigenvalue weighted by atomic mass is 9.71. The minimum absolute atomic E-state index is 0.0159. The van der Waals surface area contributed by atoms with Gasteiger partial charge in [-0.1, -0.05) is 11.6 Å². The molecule has 1 saturated carbocycles. The van der Waals surface area contributed by atoms with Gasteiger partial charge in [-0.3, -0.25) is 9.79 Å². The monoisotopic (exact) mass is 548 g/mol. The van der Waals surface area contributed by atoms with Crippen LogP contribution in [0.15, 0.2) is 28.3 Å². The number of hydrogen-bond acceptors (Lipinski definition) is 7. The van der Waals surface area contributed by atoms with Crippen molar-refractivity contribution >= 4 is 40.7 Å². The average molecular weight is 549 g/mol. The molecule has 3 aliphatic rings. The number of aromatic nitrogens is 2. The number of piperidine rings is 1. The van der Waals surface area contributed by atoms with Crippen LogP contribution in [-0.4, -0.2) is 76.0 Å². The summed E-state index contributed by atoms with van der Waals surface area (Å²) in [7, 11) is 0. The number of nitrogens with zero attached hydrogens (tertiary/aromatic N) is 7. The maximum atomic E-state index is 12.1. The van der Waals surface area contributed by atoms with Crippen LogP contribution in [0.2, 0.25) is 5.02 Å². The van der Waals surface area contributed by atoms with Gasteiger partial charge in [-0.05, 0) is 44.7 Å². The number of aliphatic hydroxyl groups excluding tert-OH is 1. The SMILES string of the molecule is C[C@@H](O)C(=O)N1CC2(CCN(c3cc(C#N)cc(NC(N)=NC(=NC4CC4)c4ncc(C#N)[nH]4)c3Cl)CC2)C1. The van der Waals surface area contributed by atoms with Gasteiger partial charge in [-0.2, -0.15) is 15.5 Å². The number of aliphatic imine (C=N–C) groups is 2. The zero-order valence-corrected chi connectivity index (χ0v) is 22.2. The van der Waals surface area contributed by atoms with E-state index in [0.717, 1.165) is 25.7 Å². The Hall–Kier alpha value is -4.13. The molecular formula is C26H29ClN10O2. The van der Waals surface area contributed by atoms with Crippen LogP contribution in [0.3, 0.4) is 0 Å². The van der Waals surface area contributed by atoms with Crippen molar-refractivity contribution in [2.24, 2.45) is 21.1 Å². The van der Waals surface area contributed by atoms with E-state index >= 15 is 0 Å². The van der Waals surface area contributed by atoms with Crippen LogP contribution in [-0.2, 0) is 4.79 Å². The molecular weight excluding hydrogens is 520 g/mol. The first-order valence-corrected chi connectivity index (χ1v) is 13.2. The van der Waals surface area contributed by atoms with Crippen molar-refractivity contribution in [2.45, 2.75) is 44.8 Å². The lowest BCUT2D eigenvalue weighted by Crippen LogP contribution is -2.63. The number of H-pyrrole nitrogens is 1. The van der Waals surface area contributed by atoms with Crippen LogP contribution >= 0.6 is 11.6 Å². The number of hydrogen-bond donors (Lipinski definition) is 4. The number of amides is 1. The maximum Gasteiger partial charge on any atom is 0.251 e. The van der Waals surface area contributed by atoms with E-state index < -0.39 is 6.10 Å². The fraction of sp³-hybridized carbons (Fsp3) is 0.462. The molecule has 1 aromatic carbocycles. The van der Waals surface area contributed by atoms with Gasteiger partial charge in [0.25, 0.3) is 5.91 Å². The van der Waals surface area contributed by atoms with E-state index in [2.05, 4.69) is 36.2 Å². The summed E-state index contributed by atoms with van der Waals surface area (Å²) in [6.07, 6.45) is 4.05. The summed E-state index contributed by atoms with van der Waals surface area (Å²) in [5.41, 5.74) is 8.14. The van der Waals surface area contributed by atoms with Crippen molar-refractivity contribution in [3.05, 3.63) is 40.4 Å². The number of likely N-dealkylation sites (tertiary alicyclic amines) is 1. The number of carbonyl (C=O) groups is 1. The highest BCUT2D eigenvalue weighted by atomic mass is 35.5. The van der Waals surface area contributed by atoms with Crippen LogP contribution in [0.1, 0.15) is 49.7 Å². The molecule has 3 heterocycles. The van der Waals surface area contributed by atoms with Gasteiger partial charge in [0.1, 0.15) is 17.9 Å². The Morgan fingerprint density at radius 2 is 2.03 bits per heavy atom. The van der Waals surface area contributed by atoms with Gasteiger partial charge in [0.2, 0.25) is 0 Å². The van der Waals surface area contributed by atoms with Crippen molar-refractivity contribution < 1.29 is 9.90 Å². The van der Waals surface area contributed by atoms with Crippen molar-refractivity contribution in [3.8, 4) is 12.1 Å². The number of amidine groups is 1. The van der Waals surface area contributed by atoms with Gasteiger partial charge in [0, 0.05) is 31.6 Å². The molecule has 39 heavy (non-hydrogen) atoms. The molecule has 1 atom stereocenters. The molecule has 12 nitrogen and oxygen atoms in total. The van der Waals surface area contributed by atoms with Gasteiger partial charge < -0.3 is 30.9 Å². The molecule has 5 rings (SSSR count). The largest absolute Gasteiger partial charge is 0.384 e. The Morgan fingerprint density at radius 1 is 1.31 bits per heavy atom. The zero-order chi connectivity index (χ0) is 27.7. The van der Waals surface area contributed by atoms with E-state index in [1.54, 1.807) is 17.0 Å². The van der Waals surface area contributed by atoms with Gasteiger partial charge in [0.15, 0.2) is 17.6 Å². The Bertz CT molecular complexity index is 1410. The van der Waals surface area contributed by atoms with Crippen LogP contribution in [0.4, 0.5) is 11.4 Å². The van der Waals surface area contributed by atoms with Crippen molar-refractivity contribution in [3.63, 3.8) is 0 Å². The molecule has 3 fully saturated rings. The molecule has 0 unspecified atom stereocenters. The van der Waals surface area contributed by atoms with Gasteiger partial charge in [-0.15, -0.1) is 0 Å². The lowest BCUT2D eigenvalue weighted by Gasteiger charge is -2.54. The van der Waals surface area contributed by atoms with Crippen LogP contribution < -0.4 is 16.0 Å². The number of anilines is 2. The summed E-state index contributed by atoms with van der Waals surface area (Å²) in [5, 5.41) is 31.8. The van der Waals surface area contributed by atoms with Gasteiger partial charge in [0.05, 0.1) is 40.3 Å². The number of aliphatic hydroxyl groups is 1. The zero-order valence-electron chi connectivity index (χ0n) is 21.5. The Balaban J connectivity index is 1.32. The highest BCUT2D eigenvalue weighted by Gasteiger charge is 2.47. The number of aromatic amines is 1. The first-order valence-electron chi connectivity index (χ1n) is 12.8. The summed E-state index contributed by atoms with van der Waals surface area (Å²) in [5.74, 6) is 0.405. The molecule has 1 spiro atoms. The lowest BCUT2D eigenvalue weighted by molar-refractivity contribution is -0.153. The van der Waals surface area contributed by atoms with E-state index in [-0.39, 0.29) is 34.9 Å². The summed E-state index contributed by atoms with van der Waals surface area (Å²) in [6.45, 7) is 4.21. The number of guanidine groups is 1. The summed E-state index contributed by atoms with van der Waals surface area (Å²) in [4.78, 5) is 31.9. The number of carbonyl (C=O) groups excluding carboxylic acids is 1. The quantitative estimate of drug-likeness (QED) is 0.323. The van der Waals surface area contributed by atoms with Crippen LogP contribution in [0.25, 0.3) is 0 Å². The van der Waals surface area contributed by atoms with Gasteiger partial charge >= 0.3 is 0 Å². The Morgan fingerprint density at radius 3 is 2.62 bits per heavy atom. The average Bonchev–Trinajstić information content (AvgIpc) is 3.59. The predicted octanol–water partition coefficient (Wildman–Crippen LogP) is 1.95. The highest BCUT2D eigenvalue weighted by Crippen LogP contribution is 2.43. The topological polar surface area (TPSA) is 183 Å². The Kier molecular flexibility index (Phi) is 7.17. The fourth-order valence-corrected chi connectivity index (χ4v) is 5.28. The van der Waals surface area contributed by atoms with E-state index in [1.165, 1.54) is 13.1 Å². The third-order valence-electron chi connectivity index (χ3n) is 7.32. The van der Waals surface area contributed by atoms with E-state index in [4.69, 9.17) is 22.6 Å². The Labute approximate surface area is 230 Å². The molecule has 1 aliphatic carbocycles. The maximum absolute atomic E-state index is 12.1. The number of rotatable bonds is 5. The number of halogens is 1. The van der Waals surface area contributed by atoms with E-state index in [1.807, 2.05) is 6.07 Å². The van der Waals surface area contributed by atoms with Crippen LogP contribution in [0, 0.1) is 28.1 Å². The molecule has 1 amide bonds. The van der Waals surface area contributed by atoms with Crippen molar-refractivity contribution in [2.75, 3.05) is 36.4 Å². The fourth-order valence-electron chi connectivity index (χ4n) is 5.01. The standard InChI is InChI=1S/C26H29ClN10O2/c1-15(38)24(39)37-13-26(14-37)4-6-36(7-5-26)20-9-16(10-28)8-19(21(20)27)34-25(30)35-23(32-17-2-3-17)22-31-12-18(11-29)33-22/h8-9,12,15,17,38H,2-7,13-14H2,1H3,(H,31,33)(H3,30,32,34,35)/t15-/m1/s1. The molecule has 2 saturated heterocycles. The minimum Gasteiger partial charge on any atom is -0.384 e. The molecule has 1 aromatic heterocycles. The van der Waals surface area contributed by atoms with E-state index in [9.17, 15) is 15.2 Å². The second kappa shape index (κ2) is 10.6. The number of imidazole rings is 1. The molecule has 13 heteroatoms. The van der Waals surface area contributed by atoms with E-state index in [0.29, 0.717) is 54.0 Å². The molecule has 202 valence electrons. The third-order valence-corrected chi connectivity index (χ3v) is 7.72. The second-order valence-electron chi connectivity index (χ2n) is 10.4. The summed E-state index contributed by atoms with van der Waals surface area (Å²) < 4.78 is 0. The third kappa shape index (κ3) is 5.67. The normalized spacial score (nSPS) is 19.7. The minimum atomic E-state index is -0.984. The first kappa shape index (κ1) is 26.5. The van der Waals surface area contributed by atoms with Gasteiger partial charge in [-0.25, -0.2) is 4.98 Å². The molecule has 0 bridgehead atoms. The number of nitriles is 2. The van der Waals surface area contributed by atoms with Crippen molar-refractivity contribution in [1.29, 1.82) is 10.5 Å². The summed E-state index contributed by atoms with van der Waals surface area (Å²) >= 11 is 6.81. The molecule has 2 aromatic rings. The summed E-state index contributed by atoms with van der Waals surface area (Å²) in [6, 6.07) is 7.69. The van der Waals surface area contributed by atoms with Crippen LogP contribution in [0.5, 0.6) is 0 Å². The van der Waals surface area contributed by atoms with Crippen molar-refractivity contribution in [1.82, 2.24) is 14.9 Å². The number of nitrogens with two attached hydrogens (primary N) is 1. The highest BCUT2D eigenvalue weighted by molar-refractivity contribution is 6.36. The first-order chi connectivity index (χ1) is 18.7. The number of benzene rings is 1. The smallest absolute Gasteiger partial charge is 0.251 e.